The molecule has 0 aromatic heterocycles. The van der Waals surface area contributed by atoms with Crippen molar-refractivity contribution in [2.45, 2.75) is 18.4 Å². The van der Waals surface area contributed by atoms with E-state index in [2.05, 4.69) is 48.5 Å². The highest BCUT2D eigenvalue weighted by Crippen LogP contribution is 2.47. The van der Waals surface area contributed by atoms with Gasteiger partial charge in [-0.05, 0) is 58.3 Å². The molecule has 160 valence electrons. The largest absolute Gasteiger partial charge is 0.497 e. The first-order chi connectivity index (χ1) is 15.7. The van der Waals surface area contributed by atoms with Gasteiger partial charge in [-0.15, -0.1) is 0 Å². The molecule has 32 heavy (non-hydrogen) atoms. The van der Waals surface area contributed by atoms with E-state index < -0.39 is 0 Å². The Balaban J connectivity index is 1.61. The van der Waals surface area contributed by atoms with Crippen molar-refractivity contribution in [2.75, 3.05) is 19.1 Å². The van der Waals surface area contributed by atoms with Crippen molar-refractivity contribution in [3.63, 3.8) is 0 Å². The van der Waals surface area contributed by atoms with E-state index in [-0.39, 0.29) is 17.9 Å². The van der Waals surface area contributed by atoms with Crippen molar-refractivity contribution in [3.8, 4) is 11.5 Å². The highest BCUT2D eigenvalue weighted by molar-refractivity contribution is 5.98. The average Bonchev–Trinajstić information content (AvgIpc) is 3.20. The quantitative estimate of drug-likeness (QED) is 0.388. The summed E-state index contributed by atoms with van der Waals surface area (Å²) in [7, 11) is 3.31. The number of hydrogen-bond donors (Lipinski definition) is 0. The number of benzene rings is 4. The Morgan fingerprint density at radius 2 is 1.31 bits per heavy atom. The first kappa shape index (κ1) is 20.1. The number of fused-ring (bicyclic) bond motifs is 1. The molecule has 4 aromatic rings. The van der Waals surface area contributed by atoms with Gasteiger partial charge in [-0.2, -0.15) is 0 Å². The monoisotopic (exact) mass is 423 g/mol. The van der Waals surface area contributed by atoms with E-state index in [0.717, 1.165) is 22.7 Å². The fourth-order valence-corrected chi connectivity index (χ4v) is 4.70. The summed E-state index contributed by atoms with van der Waals surface area (Å²) in [4.78, 5) is 15.3. The summed E-state index contributed by atoms with van der Waals surface area (Å²) in [6.45, 7) is 0. The van der Waals surface area contributed by atoms with Crippen LogP contribution in [0.5, 0.6) is 11.5 Å². The van der Waals surface area contributed by atoms with Gasteiger partial charge in [-0.3, -0.25) is 4.79 Å². The summed E-state index contributed by atoms with van der Waals surface area (Å²) in [6.07, 6.45) is 0.459. The summed E-state index contributed by atoms with van der Waals surface area (Å²) in [5.74, 6) is 1.74. The van der Waals surface area contributed by atoms with Gasteiger partial charge in [0, 0.05) is 18.0 Å². The molecule has 1 fully saturated rings. The fourth-order valence-electron chi connectivity index (χ4n) is 4.70. The van der Waals surface area contributed by atoms with Crippen LogP contribution >= 0.6 is 0 Å². The van der Waals surface area contributed by atoms with E-state index in [4.69, 9.17) is 9.47 Å². The van der Waals surface area contributed by atoms with Crippen LogP contribution in [0.15, 0.2) is 91.0 Å². The lowest BCUT2D eigenvalue weighted by atomic mass is 9.86. The highest BCUT2D eigenvalue weighted by Gasteiger charge is 2.42. The zero-order valence-corrected chi connectivity index (χ0v) is 18.2. The number of ether oxygens (including phenoxy) is 2. The van der Waals surface area contributed by atoms with Crippen LogP contribution < -0.4 is 14.4 Å². The molecule has 1 heterocycles. The molecule has 4 aromatic carbocycles. The molecule has 1 saturated heterocycles. The van der Waals surface area contributed by atoms with E-state index in [1.54, 1.807) is 14.2 Å². The number of carbonyl (C=O) groups excluding carboxylic acids is 1. The summed E-state index contributed by atoms with van der Waals surface area (Å²) in [6, 6.07) is 30.5. The Labute approximate surface area is 188 Å². The molecule has 0 radical (unpaired) electrons. The second-order valence-electron chi connectivity index (χ2n) is 8.10. The van der Waals surface area contributed by atoms with Gasteiger partial charge in [0.25, 0.3) is 0 Å². The molecule has 5 rings (SSSR count). The number of anilines is 1. The minimum Gasteiger partial charge on any atom is -0.497 e. The van der Waals surface area contributed by atoms with Gasteiger partial charge in [-0.1, -0.05) is 54.6 Å². The van der Waals surface area contributed by atoms with E-state index in [0.29, 0.717) is 6.42 Å². The molecule has 2 atom stereocenters. The molecule has 0 unspecified atom stereocenters. The van der Waals surface area contributed by atoms with Crippen LogP contribution in [0.1, 0.15) is 29.5 Å². The van der Waals surface area contributed by atoms with Gasteiger partial charge < -0.3 is 14.4 Å². The number of rotatable bonds is 5. The van der Waals surface area contributed by atoms with Crippen LogP contribution in [0.4, 0.5) is 5.69 Å². The predicted octanol–water partition coefficient (Wildman–Crippen LogP) is 6.12. The second-order valence-corrected chi connectivity index (χ2v) is 8.10. The lowest BCUT2D eigenvalue weighted by Gasteiger charge is -2.29. The molecular weight excluding hydrogens is 398 g/mol. The molecule has 0 N–H and O–H groups in total. The van der Waals surface area contributed by atoms with Crippen LogP contribution in [0.25, 0.3) is 10.8 Å². The third-order valence-corrected chi connectivity index (χ3v) is 6.33. The molecule has 1 aliphatic heterocycles. The number of hydrogen-bond acceptors (Lipinski definition) is 3. The smallest absolute Gasteiger partial charge is 0.228 e. The first-order valence-electron chi connectivity index (χ1n) is 10.8. The van der Waals surface area contributed by atoms with Crippen LogP contribution in [-0.2, 0) is 4.79 Å². The predicted molar refractivity (Wildman–Crippen MR) is 128 cm³/mol. The summed E-state index contributed by atoms with van der Waals surface area (Å²) in [5, 5.41) is 2.39. The van der Waals surface area contributed by atoms with Gasteiger partial charge >= 0.3 is 0 Å². The molecule has 1 aliphatic rings. The van der Waals surface area contributed by atoms with E-state index in [1.807, 2.05) is 47.4 Å². The number of amides is 1. The Kier molecular flexibility index (Phi) is 5.28. The third-order valence-electron chi connectivity index (χ3n) is 6.33. The first-order valence-corrected chi connectivity index (χ1v) is 10.8. The zero-order chi connectivity index (χ0) is 22.1. The van der Waals surface area contributed by atoms with Crippen molar-refractivity contribution in [3.05, 3.63) is 102 Å². The number of carbonyl (C=O) groups is 1. The fraction of sp³-hybridized carbons (Fsp3) is 0.179. The van der Waals surface area contributed by atoms with Crippen molar-refractivity contribution in [1.29, 1.82) is 0 Å². The van der Waals surface area contributed by atoms with Crippen LogP contribution in [0, 0.1) is 0 Å². The normalized spacial score (nSPS) is 18.2. The lowest BCUT2D eigenvalue weighted by Crippen LogP contribution is -2.28. The van der Waals surface area contributed by atoms with Gasteiger partial charge in [0.15, 0.2) is 0 Å². The zero-order valence-electron chi connectivity index (χ0n) is 18.2. The van der Waals surface area contributed by atoms with Crippen molar-refractivity contribution in [2.24, 2.45) is 0 Å². The molecule has 1 amide bonds. The van der Waals surface area contributed by atoms with Crippen molar-refractivity contribution >= 4 is 22.4 Å². The van der Waals surface area contributed by atoms with E-state index in [9.17, 15) is 4.79 Å². The topological polar surface area (TPSA) is 38.8 Å². The standard InChI is InChI=1S/C28H25NO3/c1-31-24-13-9-20(10-14-24)28-26(22-8-7-19-5-3-4-6-21(19)17-22)18-27(30)29(28)23-11-15-25(32-2)16-12-23/h3-17,26,28H,18H2,1-2H3/t26-,28-/m1/s1. The number of nitrogens with zero attached hydrogens (tertiary/aromatic N) is 1. The molecule has 4 heteroatoms. The Morgan fingerprint density at radius 1 is 0.719 bits per heavy atom. The number of methoxy groups -OCH3 is 2. The van der Waals surface area contributed by atoms with Gasteiger partial charge in [-0.25, -0.2) is 0 Å². The molecule has 0 saturated carbocycles. The summed E-state index contributed by atoms with van der Waals surface area (Å²) < 4.78 is 10.7. The van der Waals surface area contributed by atoms with E-state index >= 15 is 0 Å². The van der Waals surface area contributed by atoms with Crippen LogP contribution in [-0.4, -0.2) is 20.1 Å². The summed E-state index contributed by atoms with van der Waals surface area (Å²) in [5.41, 5.74) is 3.14. The van der Waals surface area contributed by atoms with Gasteiger partial charge in [0.05, 0.1) is 20.3 Å². The highest BCUT2D eigenvalue weighted by atomic mass is 16.5. The van der Waals surface area contributed by atoms with Crippen LogP contribution in [0.2, 0.25) is 0 Å². The SMILES string of the molecule is COc1ccc([C@@H]2[C@@H](c3ccc4ccccc4c3)CC(=O)N2c2ccc(OC)cc2)cc1. The molecule has 0 aliphatic carbocycles. The van der Waals surface area contributed by atoms with Crippen molar-refractivity contribution < 1.29 is 14.3 Å². The molecule has 0 bridgehead atoms. The Bertz CT molecular complexity index is 1250. The average molecular weight is 424 g/mol. The lowest BCUT2D eigenvalue weighted by molar-refractivity contribution is -0.117. The Hall–Kier alpha value is -3.79. The maximum atomic E-state index is 13.4. The maximum absolute atomic E-state index is 13.4. The maximum Gasteiger partial charge on any atom is 0.228 e. The summed E-state index contributed by atoms with van der Waals surface area (Å²) >= 11 is 0. The second kappa shape index (κ2) is 8.39. The van der Waals surface area contributed by atoms with Gasteiger partial charge in [0.1, 0.15) is 11.5 Å². The molecule has 0 spiro atoms. The minimum absolute atomic E-state index is 0.0441. The molecular formula is C28H25NO3. The van der Waals surface area contributed by atoms with E-state index in [1.165, 1.54) is 16.3 Å². The van der Waals surface area contributed by atoms with Crippen molar-refractivity contribution in [1.82, 2.24) is 0 Å². The van der Waals surface area contributed by atoms with Gasteiger partial charge in [0.2, 0.25) is 5.91 Å². The van der Waals surface area contributed by atoms with Crippen LogP contribution in [0.3, 0.4) is 0 Å². The minimum atomic E-state index is -0.108. The third kappa shape index (κ3) is 3.58. The Morgan fingerprint density at radius 3 is 1.97 bits per heavy atom. The molecule has 4 nitrogen and oxygen atoms in total.